The average Bonchev–Trinajstić information content (AvgIpc) is 3.09. The molecule has 8 rings (SSSR count). The third-order valence-corrected chi connectivity index (χ3v) is 12.6. The van der Waals surface area contributed by atoms with E-state index in [1.165, 1.54) is 44.5 Å². The summed E-state index contributed by atoms with van der Waals surface area (Å²) in [4.78, 5) is 0.614. The van der Waals surface area contributed by atoms with Crippen LogP contribution >= 0.6 is 0 Å². The van der Waals surface area contributed by atoms with Gasteiger partial charge in [-0.2, -0.15) is 0 Å². The van der Waals surface area contributed by atoms with Gasteiger partial charge in [-0.1, -0.05) is 149 Å². The SMILES string of the molecule is CC1(C)c2ccccc2C(c2ccc(S(=O)(=O)c3ccc(C4c5ccccc5C(C)(C)c5ccccc54)cc3)cc2)c2ccccc21. The molecule has 2 nitrogen and oxygen atoms in total. The Morgan fingerprint density at radius 1 is 0.383 bits per heavy atom. The number of sulfone groups is 1. The highest BCUT2D eigenvalue weighted by Gasteiger charge is 2.39. The van der Waals surface area contributed by atoms with Crippen molar-refractivity contribution >= 4 is 9.84 Å². The van der Waals surface area contributed by atoms with Crippen LogP contribution in [0.15, 0.2) is 155 Å². The zero-order valence-corrected chi connectivity index (χ0v) is 28.1. The van der Waals surface area contributed by atoms with Crippen LogP contribution in [0.4, 0.5) is 0 Å². The first-order chi connectivity index (χ1) is 22.6. The zero-order chi connectivity index (χ0) is 32.6. The van der Waals surface area contributed by atoms with Crippen molar-refractivity contribution in [3.63, 3.8) is 0 Å². The summed E-state index contributed by atoms with van der Waals surface area (Å²) in [6.45, 7) is 9.14. The van der Waals surface area contributed by atoms with Gasteiger partial charge < -0.3 is 0 Å². The Hall–Kier alpha value is -4.73. The van der Waals surface area contributed by atoms with Crippen molar-refractivity contribution in [1.29, 1.82) is 0 Å². The summed E-state index contributed by atoms with van der Waals surface area (Å²) in [5, 5.41) is 0. The maximum atomic E-state index is 14.0. The average molecular weight is 631 g/mol. The van der Waals surface area contributed by atoms with Crippen LogP contribution in [0.25, 0.3) is 0 Å². The summed E-state index contributed by atoms with van der Waals surface area (Å²) in [6, 6.07) is 49.7. The minimum atomic E-state index is -3.71. The summed E-state index contributed by atoms with van der Waals surface area (Å²) >= 11 is 0. The Kier molecular flexibility index (Phi) is 6.72. The zero-order valence-electron chi connectivity index (χ0n) is 27.2. The van der Waals surface area contributed by atoms with E-state index in [2.05, 4.69) is 125 Å². The van der Waals surface area contributed by atoms with E-state index in [4.69, 9.17) is 0 Å². The van der Waals surface area contributed by atoms with Crippen LogP contribution in [0, 0.1) is 0 Å². The highest BCUT2D eigenvalue weighted by atomic mass is 32.2. The van der Waals surface area contributed by atoms with Crippen molar-refractivity contribution in [2.75, 3.05) is 0 Å². The van der Waals surface area contributed by atoms with E-state index in [1.807, 2.05) is 24.3 Å². The van der Waals surface area contributed by atoms with Crippen LogP contribution in [-0.4, -0.2) is 8.42 Å². The Bertz CT molecular complexity index is 2000. The van der Waals surface area contributed by atoms with Gasteiger partial charge in [-0.3, -0.25) is 0 Å². The third-order valence-electron chi connectivity index (χ3n) is 10.8. The van der Waals surface area contributed by atoms with Crippen LogP contribution in [0.1, 0.15) is 95.2 Å². The quantitative estimate of drug-likeness (QED) is 0.194. The number of hydrogen-bond donors (Lipinski definition) is 0. The fraction of sp³-hybridized carbons (Fsp3) is 0.182. The summed E-state index contributed by atoms with van der Waals surface area (Å²) in [5.41, 5.74) is 12.3. The number of benzene rings is 6. The summed E-state index contributed by atoms with van der Waals surface area (Å²) in [6.07, 6.45) is 0. The molecule has 0 unspecified atom stereocenters. The molecule has 2 aliphatic carbocycles. The Morgan fingerprint density at radius 3 is 0.915 bits per heavy atom. The third kappa shape index (κ3) is 4.47. The summed E-state index contributed by atoms with van der Waals surface area (Å²) in [5.74, 6) is 0.0791. The van der Waals surface area contributed by atoms with E-state index in [-0.39, 0.29) is 22.7 Å². The van der Waals surface area contributed by atoms with Gasteiger partial charge in [0, 0.05) is 22.7 Å². The molecule has 0 spiro atoms. The van der Waals surface area contributed by atoms with E-state index in [0.29, 0.717) is 9.79 Å². The number of hydrogen-bond acceptors (Lipinski definition) is 2. The predicted octanol–water partition coefficient (Wildman–Crippen LogP) is 10.2. The first-order valence-electron chi connectivity index (χ1n) is 16.4. The predicted molar refractivity (Wildman–Crippen MR) is 190 cm³/mol. The van der Waals surface area contributed by atoms with E-state index in [9.17, 15) is 8.42 Å². The van der Waals surface area contributed by atoms with E-state index < -0.39 is 9.84 Å². The lowest BCUT2D eigenvalue weighted by molar-refractivity contribution is 0.595. The molecule has 0 bridgehead atoms. The van der Waals surface area contributed by atoms with Gasteiger partial charge in [0.2, 0.25) is 9.84 Å². The van der Waals surface area contributed by atoms with E-state index in [1.54, 1.807) is 24.3 Å². The number of rotatable bonds is 4. The van der Waals surface area contributed by atoms with Gasteiger partial charge in [-0.25, -0.2) is 8.42 Å². The molecule has 0 radical (unpaired) electrons. The van der Waals surface area contributed by atoms with Crippen LogP contribution in [0.5, 0.6) is 0 Å². The second kappa shape index (κ2) is 10.7. The molecule has 0 atom stereocenters. The Morgan fingerprint density at radius 2 is 0.638 bits per heavy atom. The molecule has 6 aromatic carbocycles. The molecule has 0 amide bonds. The minimum absolute atomic E-state index is 0.0395. The fourth-order valence-corrected chi connectivity index (χ4v) is 9.69. The molecular weight excluding hydrogens is 593 g/mol. The topological polar surface area (TPSA) is 34.1 Å². The van der Waals surface area contributed by atoms with Crippen LogP contribution in [0.2, 0.25) is 0 Å². The van der Waals surface area contributed by atoms with Crippen molar-refractivity contribution in [1.82, 2.24) is 0 Å². The molecule has 0 saturated carbocycles. The smallest absolute Gasteiger partial charge is 0.206 e. The van der Waals surface area contributed by atoms with Gasteiger partial charge in [0.05, 0.1) is 9.79 Å². The first-order valence-corrected chi connectivity index (χ1v) is 17.9. The summed E-state index contributed by atoms with van der Waals surface area (Å²) < 4.78 is 27.9. The van der Waals surface area contributed by atoms with Crippen molar-refractivity contribution in [2.45, 2.75) is 60.2 Å². The maximum absolute atomic E-state index is 14.0. The minimum Gasteiger partial charge on any atom is -0.219 e. The van der Waals surface area contributed by atoms with Crippen LogP contribution < -0.4 is 0 Å². The lowest BCUT2D eigenvalue weighted by Gasteiger charge is -2.39. The van der Waals surface area contributed by atoms with Crippen LogP contribution in [-0.2, 0) is 20.7 Å². The molecule has 0 heterocycles. The Balaban J connectivity index is 1.14. The maximum Gasteiger partial charge on any atom is 0.206 e. The van der Waals surface area contributed by atoms with Gasteiger partial charge in [0.1, 0.15) is 0 Å². The van der Waals surface area contributed by atoms with Crippen molar-refractivity contribution < 1.29 is 8.42 Å². The van der Waals surface area contributed by atoms with Crippen molar-refractivity contribution in [3.05, 3.63) is 201 Å². The molecule has 2 aliphatic rings. The lowest BCUT2D eigenvalue weighted by Crippen LogP contribution is -2.29. The molecule has 3 heteroatoms. The van der Waals surface area contributed by atoms with Gasteiger partial charge in [0.15, 0.2) is 0 Å². The van der Waals surface area contributed by atoms with Gasteiger partial charge >= 0.3 is 0 Å². The largest absolute Gasteiger partial charge is 0.219 e. The number of fused-ring (bicyclic) bond motifs is 4. The highest BCUT2D eigenvalue weighted by molar-refractivity contribution is 7.91. The molecule has 47 heavy (non-hydrogen) atoms. The molecule has 0 aromatic heterocycles. The first kappa shape index (κ1) is 29.7. The molecular formula is C44H38O2S. The monoisotopic (exact) mass is 630 g/mol. The van der Waals surface area contributed by atoms with Crippen LogP contribution in [0.3, 0.4) is 0 Å². The molecule has 0 fully saturated rings. The highest BCUT2D eigenvalue weighted by Crippen LogP contribution is 2.50. The standard InChI is InChI=1S/C44H38O2S/c1-43(2)37-17-9-5-13-33(37)41(34-14-6-10-18-38(34)43)29-21-25-31(26-22-29)47(45,46)32-27-23-30(24-28-32)42-35-15-7-11-19-39(35)44(3,4)40-20-12-8-16-36(40)42/h5-28,41-42H,1-4H3. The van der Waals surface area contributed by atoms with E-state index >= 15 is 0 Å². The second-order valence-corrected chi connectivity index (χ2v) is 16.1. The molecule has 0 saturated heterocycles. The van der Waals surface area contributed by atoms with Crippen molar-refractivity contribution in [3.8, 4) is 0 Å². The molecule has 6 aromatic rings. The molecule has 232 valence electrons. The fourth-order valence-electron chi connectivity index (χ4n) is 8.43. The van der Waals surface area contributed by atoms with E-state index in [0.717, 1.165) is 11.1 Å². The Labute approximate surface area is 278 Å². The molecule has 0 aliphatic heterocycles. The lowest BCUT2D eigenvalue weighted by atomic mass is 9.64. The van der Waals surface area contributed by atoms with Gasteiger partial charge in [0.25, 0.3) is 0 Å². The van der Waals surface area contributed by atoms with Gasteiger partial charge in [-0.15, -0.1) is 0 Å². The normalized spacial score (nSPS) is 16.4. The molecule has 0 N–H and O–H groups in total. The van der Waals surface area contributed by atoms with Crippen molar-refractivity contribution in [2.24, 2.45) is 0 Å². The second-order valence-electron chi connectivity index (χ2n) is 14.1. The van der Waals surface area contributed by atoms with Gasteiger partial charge in [-0.05, 0) is 79.9 Å². The summed E-state index contributed by atoms with van der Waals surface area (Å²) in [7, 11) is -3.71.